The minimum Gasteiger partial charge on any atom is -0.325 e. The summed E-state index contributed by atoms with van der Waals surface area (Å²) >= 11 is 0. The van der Waals surface area contributed by atoms with Crippen LogP contribution in [-0.2, 0) is 0 Å². The van der Waals surface area contributed by atoms with Crippen LogP contribution in [0.1, 0.15) is 33.6 Å². The molecule has 0 spiro atoms. The Bertz CT molecular complexity index is 170. The maximum Gasteiger partial charge on any atom is 0.128 e. The second kappa shape index (κ2) is 3.93. The van der Waals surface area contributed by atoms with E-state index in [1.807, 2.05) is 0 Å². The van der Waals surface area contributed by atoms with Gasteiger partial charge in [-0.15, -0.1) is 0 Å². The lowest BCUT2D eigenvalue weighted by Gasteiger charge is -2.43. The molecule has 0 aliphatic carbocycles. The highest BCUT2D eigenvalue weighted by Crippen LogP contribution is 2.24. The summed E-state index contributed by atoms with van der Waals surface area (Å²) in [4.78, 5) is 2.21. The van der Waals surface area contributed by atoms with Crippen LogP contribution in [-0.4, -0.2) is 35.7 Å². The molecule has 1 rings (SSSR count). The van der Waals surface area contributed by atoms with Crippen LogP contribution in [0.15, 0.2) is 0 Å². The van der Waals surface area contributed by atoms with Crippen LogP contribution in [0.2, 0.25) is 0 Å². The van der Waals surface area contributed by atoms with Crippen molar-refractivity contribution in [2.75, 3.05) is 13.1 Å². The van der Waals surface area contributed by atoms with E-state index < -0.39 is 6.17 Å². The molecule has 2 unspecified atom stereocenters. The van der Waals surface area contributed by atoms with Crippen LogP contribution < -0.4 is 5.73 Å². The van der Waals surface area contributed by atoms with Crippen molar-refractivity contribution in [3.05, 3.63) is 0 Å². The van der Waals surface area contributed by atoms with Crippen LogP contribution in [0.3, 0.4) is 0 Å². The van der Waals surface area contributed by atoms with Crippen molar-refractivity contribution in [1.29, 1.82) is 0 Å². The fourth-order valence-corrected chi connectivity index (χ4v) is 1.70. The number of hydrogen-bond acceptors (Lipinski definition) is 2. The van der Waals surface area contributed by atoms with Gasteiger partial charge in [-0.3, -0.25) is 4.90 Å². The molecule has 2 atom stereocenters. The van der Waals surface area contributed by atoms with Gasteiger partial charge >= 0.3 is 0 Å². The first-order chi connectivity index (χ1) is 5.97. The molecule has 1 aliphatic rings. The van der Waals surface area contributed by atoms with E-state index in [1.54, 1.807) is 0 Å². The largest absolute Gasteiger partial charge is 0.325 e. The highest BCUT2D eigenvalue weighted by atomic mass is 19.1. The first-order valence-corrected chi connectivity index (χ1v) is 5.12. The average Bonchev–Trinajstić information content (AvgIpc) is 2.09. The number of likely N-dealkylation sites (tertiary alicyclic amines) is 1. The monoisotopic (exact) mass is 188 g/mol. The lowest BCUT2D eigenvalue weighted by molar-refractivity contribution is 0.0394. The molecule has 0 radical (unpaired) electrons. The van der Waals surface area contributed by atoms with Gasteiger partial charge in [0.2, 0.25) is 0 Å². The van der Waals surface area contributed by atoms with Crippen LogP contribution >= 0.6 is 0 Å². The number of hydrogen-bond donors (Lipinski definition) is 1. The van der Waals surface area contributed by atoms with Gasteiger partial charge in [0.05, 0.1) is 0 Å². The average molecular weight is 188 g/mol. The maximum absolute atomic E-state index is 13.3. The predicted molar refractivity (Wildman–Crippen MR) is 53.4 cm³/mol. The number of halogens is 1. The molecule has 2 nitrogen and oxygen atoms in total. The minimum atomic E-state index is -0.848. The fourth-order valence-electron chi connectivity index (χ4n) is 1.70. The third-order valence-corrected chi connectivity index (χ3v) is 3.31. The van der Waals surface area contributed by atoms with Gasteiger partial charge < -0.3 is 5.73 Å². The predicted octanol–water partition coefficient (Wildman–Crippen LogP) is 1.55. The van der Waals surface area contributed by atoms with Crippen LogP contribution in [0.5, 0.6) is 0 Å². The molecule has 0 amide bonds. The lowest BCUT2D eigenvalue weighted by Crippen LogP contribution is -2.55. The number of piperidine rings is 1. The van der Waals surface area contributed by atoms with Crippen molar-refractivity contribution < 1.29 is 4.39 Å². The third kappa shape index (κ3) is 2.41. The van der Waals surface area contributed by atoms with Gasteiger partial charge in [0.1, 0.15) is 6.17 Å². The van der Waals surface area contributed by atoms with Crippen LogP contribution in [0.4, 0.5) is 4.39 Å². The molecule has 13 heavy (non-hydrogen) atoms. The van der Waals surface area contributed by atoms with Gasteiger partial charge in [0, 0.05) is 24.7 Å². The van der Waals surface area contributed by atoms with Crippen molar-refractivity contribution in [3.8, 4) is 0 Å². The van der Waals surface area contributed by atoms with E-state index in [-0.39, 0.29) is 11.6 Å². The Hall–Kier alpha value is -0.150. The first kappa shape index (κ1) is 10.9. The van der Waals surface area contributed by atoms with E-state index in [9.17, 15) is 4.39 Å². The topological polar surface area (TPSA) is 29.3 Å². The van der Waals surface area contributed by atoms with Crippen LogP contribution in [0, 0.1) is 0 Å². The third-order valence-electron chi connectivity index (χ3n) is 3.31. The molecular formula is C10H21FN2. The Kier molecular flexibility index (Phi) is 3.30. The summed E-state index contributed by atoms with van der Waals surface area (Å²) < 4.78 is 13.3. The number of nitrogens with zero attached hydrogens (tertiary/aromatic N) is 1. The van der Waals surface area contributed by atoms with Gasteiger partial charge in [0.25, 0.3) is 0 Å². The molecule has 1 heterocycles. The van der Waals surface area contributed by atoms with Gasteiger partial charge in [-0.2, -0.15) is 0 Å². The minimum absolute atomic E-state index is 0.116. The van der Waals surface area contributed by atoms with Gasteiger partial charge in [-0.05, 0) is 26.7 Å². The Morgan fingerprint density at radius 1 is 1.54 bits per heavy atom. The van der Waals surface area contributed by atoms with E-state index >= 15 is 0 Å². The molecule has 3 heteroatoms. The number of alkyl halides is 1. The molecule has 0 saturated carbocycles. The molecule has 0 aromatic rings. The molecule has 1 aliphatic heterocycles. The van der Waals surface area contributed by atoms with E-state index in [0.717, 1.165) is 19.4 Å². The molecule has 2 N–H and O–H groups in total. The Labute approximate surface area is 80.3 Å². The van der Waals surface area contributed by atoms with E-state index in [0.29, 0.717) is 6.54 Å². The van der Waals surface area contributed by atoms with E-state index in [4.69, 9.17) is 5.73 Å². The molecule has 0 aromatic carbocycles. The molecule has 1 saturated heterocycles. The molecule has 0 aromatic heterocycles. The number of nitrogens with two attached hydrogens (primary N) is 1. The highest BCUT2D eigenvalue weighted by molar-refractivity contribution is 4.89. The summed E-state index contributed by atoms with van der Waals surface area (Å²) in [6.45, 7) is 7.90. The highest BCUT2D eigenvalue weighted by Gasteiger charge is 2.33. The zero-order chi connectivity index (χ0) is 10.1. The Morgan fingerprint density at radius 2 is 2.15 bits per heavy atom. The summed E-state index contributed by atoms with van der Waals surface area (Å²) in [5.41, 5.74) is 5.74. The lowest BCUT2D eigenvalue weighted by atomic mass is 9.94. The molecule has 1 fully saturated rings. The normalized spacial score (nSPS) is 32.1. The summed E-state index contributed by atoms with van der Waals surface area (Å²) in [5, 5.41) is 0. The second-order valence-electron chi connectivity index (χ2n) is 4.58. The maximum atomic E-state index is 13.3. The van der Waals surface area contributed by atoms with E-state index in [2.05, 4.69) is 25.7 Å². The summed E-state index contributed by atoms with van der Waals surface area (Å²) in [6, 6.07) is -0.246. The summed E-state index contributed by atoms with van der Waals surface area (Å²) in [7, 11) is 0. The van der Waals surface area contributed by atoms with E-state index in [1.165, 1.54) is 0 Å². The Morgan fingerprint density at radius 3 is 2.62 bits per heavy atom. The molecular weight excluding hydrogens is 167 g/mol. The smallest absolute Gasteiger partial charge is 0.128 e. The summed E-state index contributed by atoms with van der Waals surface area (Å²) in [6.07, 6.45) is 0.985. The SMILES string of the molecule is CCC(C)(C)N1CCC(N)C(F)C1. The zero-order valence-corrected chi connectivity index (χ0v) is 8.89. The summed E-state index contributed by atoms with van der Waals surface area (Å²) in [5.74, 6) is 0. The van der Waals surface area contributed by atoms with Crippen molar-refractivity contribution in [1.82, 2.24) is 4.90 Å². The van der Waals surface area contributed by atoms with Crippen molar-refractivity contribution >= 4 is 0 Å². The van der Waals surface area contributed by atoms with Gasteiger partial charge in [-0.25, -0.2) is 4.39 Å². The molecule has 78 valence electrons. The number of rotatable bonds is 2. The van der Waals surface area contributed by atoms with Crippen molar-refractivity contribution in [3.63, 3.8) is 0 Å². The van der Waals surface area contributed by atoms with Gasteiger partial charge in [0.15, 0.2) is 0 Å². The van der Waals surface area contributed by atoms with Crippen LogP contribution in [0.25, 0.3) is 0 Å². The standard InChI is InChI=1S/C10H21FN2/c1-4-10(2,3)13-6-5-9(12)8(11)7-13/h8-9H,4-7,12H2,1-3H3. The van der Waals surface area contributed by atoms with Crippen molar-refractivity contribution in [2.24, 2.45) is 5.73 Å². The first-order valence-electron chi connectivity index (χ1n) is 5.12. The Balaban J connectivity index is 2.55. The zero-order valence-electron chi connectivity index (χ0n) is 8.89. The second-order valence-corrected chi connectivity index (χ2v) is 4.58. The van der Waals surface area contributed by atoms with Crippen molar-refractivity contribution in [2.45, 2.75) is 51.4 Å². The molecule has 0 bridgehead atoms. The fraction of sp³-hybridized carbons (Fsp3) is 1.00. The van der Waals surface area contributed by atoms with Gasteiger partial charge in [-0.1, -0.05) is 6.92 Å². The quantitative estimate of drug-likeness (QED) is 0.712.